The number of ketones is 1. The van der Waals surface area contributed by atoms with Gasteiger partial charge < -0.3 is 21.2 Å². The molecule has 1 amide bonds. The lowest BCUT2D eigenvalue weighted by Crippen LogP contribution is -2.36. The molecule has 0 spiro atoms. The Labute approximate surface area is 119 Å². The van der Waals surface area contributed by atoms with Gasteiger partial charge in [-0.3, -0.25) is 4.79 Å². The van der Waals surface area contributed by atoms with Gasteiger partial charge in [0.25, 0.3) is 0 Å². The Bertz CT molecular complexity index is 249. The van der Waals surface area contributed by atoms with Crippen LogP contribution in [0.3, 0.4) is 0 Å². The van der Waals surface area contributed by atoms with Crippen molar-refractivity contribution in [2.45, 2.75) is 33.0 Å². The molecule has 0 aliphatic rings. The molecule has 4 radical (unpaired) electrons. The topological polar surface area (TPSA) is 89.4 Å². The summed E-state index contributed by atoms with van der Waals surface area (Å²) in [6, 6.07) is 0. The van der Waals surface area contributed by atoms with Crippen LogP contribution in [0.15, 0.2) is 0 Å². The number of amides is 1. The molecule has 0 aliphatic heterocycles. The molecule has 0 bridgehead atoms. The first-order valence-corrected chi connectivity index (χ1v) is 6.62. The molecule has 1 unspecified atom stereocenters. The molecule has 7 heteroatoms. The summed E-state index contributed by atoms with van der Waals surface area (Å²) in [7, 11) is 10.4. The fourth-order valence-corrected chi connectivity index (χ4v) is 1.50. The van der Waals surface area contributed by atoms with Crippen molar-refractivity contribution < 1.29 is 9.59 Å². The van der Waals surface area contributed by atoms with Crippen LogP contribution in [0.5, 0.6) is 0 Å². The number of Topliss-reactive ketones (excluding diaryl/α,β-unsaturated/α-hetero) is 1. The van der Waals surface area contributed by atoms with Crippen LogP contribution >= 0.6 is 0 Å². The van der Waals surface area contributed by atoms with Gasteiger partial charge >= 0.3 is 0 Å². The van der Waals surface area contributed by atoms with Crippen molar-refractivity contribution in [1.82, 2.24) is 4.90 Å². The lowest BCUT2D eigenvalue weighted by molar-refractivity contribution is -0.128. The standard InChI is InChI=1S/C7H14BNO.C5H11BN2O/c1-2-6(3-4-9)7(10)5-8;1-2-8(4-6)5(9)3-7/h6H,2-5,9H2,1H3;2-4,7H2,1H3. The first-order chi connectivity index (χ1) is 9.01. The van der Waals surface area contributed by atoms with Gasteiger partial charge in [0.1, 0.15) is 5.78 Å². The number of nitrogens with zero attached hydrogens (tertiary/aromatic N) is 1. The van der Waals surface area contributed by atoms with E-state index in [1.807, 2.05) is 13.8 Å². The predicted octanol–water partition coefficient (Wildman–Crippen LogP) is -0.563. The molecule has 0 rings (SSSR count). The fraction of sp³-hybridized carbons (Fsp3) is 0.833. The van der Waals surface area contributed by atoms with E-state index >= 15 is 0 Å². The summed E-state index contributed by atoms with van der Waals surface area (Å²) in [5.41, 5.74) is 10.4. The highest BCUT2D eigenvalue weighted by atomic mass is 16.2. The highest BCUT2D eigenvalue weighted by molar-refractivity contribution is 6.20. The zero-order chi connectivity index (χ0) is 15.3. The van der Waals surface area contributed by atoms with E-state index < -0.39 is 0 Å². The van der Waals surface area contributed by atoms with Crippen molar-refractivity contribution in [2.24, 2.45) is 17.4 Å². The Kier molecular flexibility index (Phi) is 14.7. The van der Waals surface area contributed by atoms with Gasteiger partial charge in [-0.05, 0) is 39.1 Å². The summed E-state index contributed by atoms with van der Waals surface area (Å²) in [5.74, 6) is 0.128. The zero-order valence-electron chi connectivity index (χ0n) is 12.1. The molecule has 0 saturated heterocycles. The smallest absolute Gasteiger partial charge is 0.235 e. The van der Waals surface area contributed by atoms with Crippen molar-refractivity contribution in [3.63, 3.8) is 0 Å². The van der Waals surface area contributed by atoms with Crippen LogP contribution in [0.1, 0.15) is 26.7 Å². The summed E-state index contributed by atoms with van der Waals surface area (Å²) in [6.45, 7) is 5.09. The Morgan fingerprint density at radius 3 is 2.00 bits per heavy atom. The average molecular weight is 265 g/mol. The molecule has 0 aromatic rings. The Balaban J connectivity index is 0. The Morgan fingerprint density at radius 2 is 1.79 bits per heavy atom. The van der Waals surface area contributed by atoms with E-state index in [4.69, 9.17) is 27.2 Å². The molecule has 0 heterocycles. The number of carbonyl (C=O) groups excluding carboxylic acids is 2. The molecule has 106 valence electrons. The van der Waals surface area contributed by atoms with Gasteiger partial charge in [-0.25, -0.2) is 0 Å². The second kappa shape index (κ2) is 13.6. The van der Waals surface area contributed by atoms with E-state index in [9.17, 15) is 9.59 Å². The van der Waals surface area contributed by atoms with Crippen LogP contribution in [0.2, 0.25) is 6.32 Å². The SMILES string of the molecule is [B]CC(=O)C(CC)CCN.[B]CN(CC)C(=O)CN. The van der Waals surface area contributed by atoms with Gasteiger partial charge in [0.2, 0.25) is 5.91 Å². The first-order valence-electron chi connectivity index (χ1n) is 6.62. The lowest BCUT2D eigenvalue weighted by atomic mass is 9.88. The summed E-state index contributed by atoms with van der Waals surface area (Å²) >= 11 is 0. The van der Waals surface area contributed by atoms with E-state index in [0.717, 1.165) is 12.8 Å². The number of likely N-dealkylation sites (N-methyl/N-ethyl adjacent to an activating group) is 1. The van der Waals surface area contributed by atoms with E-state index in [0.29, 0.717) is 13.1 Å². The maximum absolute atomic E-state index is 11.0. The van der Waals surface area contributed by atoms with Crippen molar-refractivity contribution in [3.8, 4) is 0 Å². The molecule has 0 aromatic heterocycles. The minimum absolute atomic E-state index is 0.0467. The average Bonchev–Trinajstić information content (AvgIpc) is 2.45. The van der Waals surface area contributed by atoms with Crippen LogP contribution in [0.25, 0.3) is 0 Å². The van der Waals surface area contributed by atoms with Crippen molar-refractivity contribution in [3.05, 3.63) is 0 Å². The Morgan fingerprint density at radius 1 is 1.21 bits per heavy atom. The molecule has 0 fully saturated rings. The van der Waals surface area contributed by atoms with Gasteiger partial charge in [-0.15, -0.1) is 0 Å². The molecule has 0 saturated carbocycles. The maximum atomic E-state index is 11.0. The fourth-order valence-electron chi connectivity index (χ4n) is 1.50. The zero-order valence-corrected chi connectivity index (χ0v) is 12.1. The lowest BCUT2D eigenvalue weighted by Gasteiger charge is -2.17. The summed E-state index contributed by atoms with van der Waals surface area (Å²) in [4.78, 5) is 23.1. The third-order valence-corrected chi connectivity index (χ3v) is 2.79. The maximum Gasteiger partial charge on any atom is 0.235 e. The van der Waals surface area contributed by atoms with Crippen molar-refractivity contribution in [1.29, 1.82) is 0 Å². The van der Waals surface area contributed by atoms with Gasteiger partial charge in [0.15, 0.2) is 0 Å². The van der Waals surface area contributed by atoms with Crippen LogP contribution < -0.4 is 11.5 Å². The first kappa shape index (κ1) is 20.5. The van der Waals surface area contributed by atoms with Crippen molar-refractivity contribution >= 4 is 27.4 Å². The minimum atomic E-state index is -0.0972. The molecule has 0 aliphatic carbocycles. The number of rotatable bonds is 8. The summed E-state index contributed by atoms with van der Waals surface area (Å²) in [6.07, 6.45) is 2.03. The van der Waals surface area contributed by atoms with Crippen LogP contribution in [0.4, 0.5) is 0 Å². The molecule has 5 nitrogen and oxygen atoms in total. The van der Waals surface area contributed by atoms with E-state index in [-0.39, 0.29) is 36.9 Å². The monoisotopic (exact) mass is 265 g/mol. The number of hydrogen-bond donors (Lipinski definition) is 2. The van der Waals surface area contributed by atoms with Crippen LogP contribution in [-0.4, -0.2) is 58.4 Å². The van der Waals surface area contributed by atoms with Gasteiger partial charge in [0.05, 0.1) is 22.2 Å². The largest absolute Gasteiger partial charge is 0.351 e. The third-order valence-electron chi connectivity index (χ3n) is 2.79. The van der Waals surface area contributed by atoms with E-state index in [1.54, 1.807) is 0 Å². The Hall–Kier alpha value is -0.810. The number of carbonyl (C=O) groups is 2. The van der Waals surface area contributed by atoms with Crippen LogP contribution in [-0.2, 0) is 9.59 Å². The molecular formula is C12H25B2N3O2. The normalized spacial score (nSPS) is 11.2. The quantitative estimate of drug-likeness (QED) is 0.575. The van der Waals surface area contributed by atoms with Crippen molar-refractivity contribution in [2.75, 3.05) is 26.1 Å². The predicted molar refractivity (Wildman–Crippen MR) is 80.1 cm³/mol. The molecule has 4 N–H and O–H groups in total. The van der Waals surface area contributed by atoms with Gasteiger partial charge in [0, 0.05) is 12.5 Å². The van der Waals surface area contributed by atoms with E-state index in [1.165, 1.54) is 4.90 Å². The highest BCUT2D eigenvalue weighted by Gasteiger charge is 2.11. The second-order valence-corrected chi connectivity index (χ2v) is 3.99. The minimum Gasteiger partial charge on any atom is -0.351 e. The number of hydrogen-bond acceptors (Lipinski definition) is 4. The molecule has 19 heavy (non-hydrogen) atoms. The van der Waals surface area contributed by atoms with Gasteiger partial charge in [-0.2, -0.15) is 0 Å². The highest BCUT2D eigenvalue weighted by Crippen LogP contribution is 2.09. The van der Waals surface area contributed by atoms with Crippen LogP contribution in [0, 0.1) is 5.92 Å². The second-order valence-electron chi connectivity index (χ2n) is 3.99. The molecule has 0 aromatic carbocycles. The third kappa shape index (κ3) is 9.73. The summed E-state index contributed by atoms with van der Waals surface area (Å²) < 4.78 is 0. The van der Waals surface area contributed by atoms with E-state index in [2.05, 4.69) is 0 Å². The number of nitrogens with two attached hydrogens (primary N) is 2. The summed E-state index contributed by atoms with van der Waals surface area (Å²) in [5, 5.41) is 0. The molecular weight excluding hydrogens is 240 g/mol. The molecule has 1 atom stereocenters. The van der Waals surface area contributed by atoms with Gasteiger partial charge in [-0.1, -0.05) is 6.92 Å².